The fourth-order valence-corrected chi connectivity index (χ4v) is 2.81. The highest BCUT2D eigenvalue weighted by molar-refractivity contribution is 7.99. The van der Waals surface area contributed by atoms with Crippen molar-refractivity contribution in [3.05, 3.63) is 29.6 Å². The van der Waals surface area contributed by atoms with Gasteiger partial charge in [-0.2, -0.15) is 0 Å². The molecule has 0 saturated heterocycles. The lowest BCUT2D eigenvalue weighted by atomic mass is 10.1. The van der Waals surface area contributed by atoms with Crippen LogP contribution in [-0.2, 0) is 0 Å². The maximum absolute atomic E-state index is 13.2. The first-order valence-corrected chi connectivity index (χ1v) is 7.27. The van der Waals surface area contributed by atoms with Crippen molar-refractivity contribution in [2.24, 2.45) is 0 Å². The summed E-state index contributed by atoms with van der Waals surface area (Å²) in [5.74, 6) is 0.961. The van der Waals surface area contributed by atoms with E-state index in [4.69, 9.17) is 0 Å². The van der Waals surface area contributed by atoms with Gasteiger partial charge in [-0.15, -0.1) is 11.8 Å². The van der Waals surface area contributed by atoms with Gasteiger partial charge in [0.25, 0.3) is 0 Å². The molecule has 0 aliphatic rings. The molecule has 0 heterocycles. The van der Waals surface area contributed by atoms with Gasteiger partial charge in [0, 0.05) is 10.9 Å². The Balaban J connectivity index is 2.69. The topological polar surface area (TPSA) is 12.0 Å². The Labute approximate surface area is 108 Å². The van der Waals surface area contributed by atoms with Crippen molar-refractivity contribution in [1.82, 2.24) is 5.32 Å². The molecule has 0 aliphatic carbocycles. The van der Waals surface area contributed by atoms with Crippen molar-refractivity contribution in [3.63, 3.8) is 0 Å². The van der Waals surface area contributed by atoms with Crippen LogP contribution in [0.4, 0.5) is 4.39 Å². The van der Waals surface area contributed by atoms with E-state index in [-0.39, 0.29) is 11.9 Å². The molecule has 0 aliphatic heterocycles. The zero-order chi connectivity index (χ0) is 12.7. The van der Waals surface area contributed by atoms with Gasteiger partial charge in [-0.05, 0) is 49.9 Å². The molecular weight excluding hydrogens is 233 g/mol. The molecule has 1 nitrogen and oxygen atoms in total. The minimum Gasteiger partial charge on any atom is -0.313 e. The van der Waals surface area contributed by atoms with Gasteiger partial charge in [-0.1, -0.05) is 19.8 Å². The van der Waals surface area contributed by atoms with Crippen LogP contribution >= 0.6 is 11.8 Å². The van der Waals surface area contributed by atoms with E-state index < -0.39 is 0 Å². The van der Waals surface area contributed by atoms with Crippen LogP contribution in [0.2, 0.25) is 0 Å². The fraction of sp³-hybridized carbons (Fsp3) is 0.571. The van der Waals surface area contributed by atoms with Gasteiger partial charge in [-0.25, -0.2) is 4.39 Å². The molecule has 0 fully saturated rings. The third-order valence-corrected chi connectivity index (χ3v) is 4.05. The quantitative estimate of drug-likeness (QED) is 0.573. The van der Waals surface area contributed by atoms with E-state index >= 15 is 0 Å². The van der Waals surface area contributed by atoms with Crippen molar-refractivity contribution < 1.29 is 4.39 Å². The molecule has 96 valence electrons. The van der Waals surface area contributed by atoms with Crippen LogP contribution in [0.15, 0.2) is 23.1 Å². The first kappa shape index (κ1) is 14.5. The molecule has 1 atom stereocenters. The smallest absolute Gasteiger partial charge is 0.123 e. The molecule has 17 heavy (non-hydrogen) atoms. The minimum atomic E-state index is -0.153. The van der Waals surface area contributed by atoms with Crippen LogP contribution < -0.4 is 5.32 Å². The van der Waals surface area contributed by atoms with Crippen LogP contribution in [0.1, 0.15) is 44.7 Å². The van der Waals surface area contributed by atoms with Crippen LogP contribution in [0.3, 0.4) is 0 Å². The Morgan fingerprint density at radius 1 is 1.35 bits per heavy atom. The number of unbranched alkanes of at least 4 members (excludes halogenated alkanes) is 2. The summed E-state index contributed by atoms with van der Waals surface area (Å²) in [7, 11) is 1.90. The second kappa shape index (κ2) is 7.72. The monoisotopic (exact) mass is 255 g/mol. The van der Waals surface area contributed by atoms with Crippen LogP contribution in [-0.4, -0.2) is 12.8 Å². The zero-order valence-corrected chi connectivity index (χ0v) is 11.7. The van der Waals surface area contributed by atoms with Gasteiger partial charge >= 0.3 is 0 Å². The van der Waals surface area contributed by atoms with Crippen LogP contribution in [0.25, 0.3) is 0 Å². The summed E-state index contributed by atoms with van der Waals surface area (Å²) >= 11 is 1.83. The average molecular weight is 255 g/mol. The van der Waals surface area contributed by atoms with Crippen LogP contribution in [0, 0.1) is 5.82 Å². The number of hydrogen-bond acceptors (Lipinski definition) is 2. The molecule has 0 spiro atoms. The van der Waals surface area contributed by atoms with E-state index in [0.29, 0.717) is 0 Å². The molecule has 0 saturated carbocycles. The third-order valence-electron chi connectivity index (χ3n) is 2.88. The van der Waals surface area contributed by atoms with E-state index in [1.54, 1.807) is 12.1 Å². The molecule has 0 radical (unpaired) electrons. The average Bonchev–Trinajstić information content (AvgIpc) is 2.35. The van der Waals surface area contributed by atoms with E-state index in [9.17, 15) is 4.39 Å². The van der Waals surface area contributed by atoms with Crippen molar-refractivity contribution in [3.8, 4) is 0 Å². The minimum absolute atomic E-state index is 0.153. The Hall–Kier alpha value is -0.540. The highest BCUT2D eigenvalue weighted by atomic mass is 32.2. The summed E-state index contributed by atoms with van der Waals surface area (Å²) < 4.78 is 13.2. The second-order valence-corrected chi connectivity index (χ2v) is 5.38. The lowest BCUT2D eigenvalue weighted by molar-refractivity contribution is 0.601. The van der Waals surface area contributed by atoms with E-state index in [1.165, 1.54) is 24.2 Å². The third kappa shape index (κ3) is 4.68. The van der Waals surface area contributed by atoms with Crippen molar-refractivity contribution in [2.45, 2.75) is 44.0 Å². The molecular formula is C14H22FNS. The summed E-state index contributed by atoms with van der Waals surface area (Å²) in [5.41, 5.74) is 1.06. The van der Waals surface area contributed by atoms with Gasteiger partial charge in [0.15, 0.2) is 0 Å². The molecule has 1 aromatic rings. The predicted octanol–water partition coefficient (Wildman–Crippen LogP) is 4.39. The number of benzene rings is 1. The van der Waals surface area contributed by atoms with Gasteiger partial charge in [-0.3, -0.25) is 0 Å². The molecule has 0 bridgehead atoms. The largest absolute Gasteiger partial charge is 0.313 e. The summed E-state index contributed by atoms with van der Waals surface area (Å²) in [6.07, 6.45) is 3.74. The first-order chi connectivity index (χ1) is 8.19. The Bertz CT molecular complexity index is 341. The molecule has 0 aromatic heterocycles. The first-order valence-electron chi connectivity index (χ1n) is 6.28. The predicted molar refractivity (Wildman–Crippen MR) is 74.1 cm³/mol. The zero-order valence-electron chi connectivity index (χ0n) is 10.9. The molecule has 1 aromatic carbocycles. The maximum Gasteiger partial charge on any atom is 0.123 e. The molecule has 0 amide bonds. The van der Waals surface area contributed by atoms with Crippen LogP contribution in [0.5, 0.6) is 0 Å². The summed E-state index contributed by atoms with van der Waals surface area (Å²) in [4.78, 5) is 1.20. The Morgan fingerprint density at radius 3 is 2.76 bits per heavy atom. The van der Waals surface area contributed by atoms with Gasteiger partial charge in [0.05, 0.1) is 0 Å². The Morgan fingerprint density at radius 2 is 2.12 bits per heavy atom. The summed E-state index contributed by atoms with van der Waals surface area (Å²) in [6, 6.07) is 5.28. The summed E-state index contributed by atoms with van der Waals surface area (Å²) in [6.45, 7) is 4.27. The van der Waals surface area contributed by atoms with Gasteiger partial charge in [0.1, 0.15) is 5.82 Å². The lowest BCUT2D eigenvalue weighted by Gasteiger charge is -2.15. The van der Waals surface area contributed by atoms with E-state index in [1.807, 2.05) is 24.9 Å². The van der Waals surface area contributed by atoms with E-state index in [2.05, 4.69) is 19.2 Å². The van der Waals surface area contributed by atoms with Crippen molar-refractivity contribution in [1.29, 1.82) is 0 Å². The number of nitrogens with one attached hydrogen (secondary N) is 1. The molecule has 1 N–H and O–H groups in total. The number of thioether (sulfide) groups is 1. The van der Waals surface area contributed by atoms with Crippen molar-refractivity contribution in [2.75, 3.05) is 12.8 Å². The fourth-order valence-electron chi connectivity index (χ4n) is 1.68. The lowest BCUT2D eigenvalue weighted by Crippen LogP contribution is -2.13. The SMILES string of the molecule is CCCCCSc1ccc(F)cc1C(C)NC. The molecule has 3 heteroatoms. The highest BCUT2D eigenvalue weighted by Crippen LogP contribution is 2.29. The summed E-state index contributed by atoms with van der Waals surface area (Å²) in [5, 5.41) is 3.17. The Kier molecular flexibility index (Phi) is 6.60. The number of hydrogen-bond donors (Lipinski definition) is 1. The number of halogens is 1. The second-order valence-electron chi connectivity index (χ2n) is 4.25. The standard InChI is InChI=1S/C14H22FNS/c1-4-5-6-9-17-14-8-7-12(15)10-13(14)11(2)16-3/h7-8,10-11,16H,4-6,9H2,1-3H3. The van der Waals surface area contributed by atoms with Gasteiger partial charge < -0.3 is 5.32 Å². The van der Waals surface area contributed by atoms with Gasteiger partial charge in [0.2, 0.25) is 0 Å². The normalized spacial score (nSPS) is 12.7. The van der Waals surface area contributed by atoms with Crippen molar-refractivity contribution >= 4 is 11.8 Å². The van der Waals surface area contributed by atoms with E-state index in [0.717, 1.165) is 11.3 Å². The maximum atomic E-state index is 13.2. The number of rotatable bonds is 7. The molecule has 1 unspecified atom stereocenters. The highest BCUT2D eigenvalue weighted by Gasteiger charge is 2.10. The molecule has 1 rings (SSSR count).